The fourth-order valence-electron chi connectivity index (χ4n) is 2.00. The highest BCUT2D eigenvalue weighted by Crippen LogP contribution is 2.29. The predicted octanol–water partition coefficient (Wildman–Crippen LogP) is 3.23. The standard InChI is InChI=1S/C17H26F3N3O/c1-13(2)24-12-4-10-22-16(21-3)23-11-9-14-5-7-15(8-6-14)17(18,19)20/h5-8,13H,4,9-12H2,1-3H3,(H2,21,22,23). The van der Waals surface area contributed by atoms with Crippen LogP contribution in [0.25, 0.3) is 0 Å². The smallest absolute Gasteiger partial charge is 0.379 e. The molecular formula is C17H26F3N3O. The highest BCUT2D eigenvalue weighted by Gasteiger charge is 2.29. The zero-order valence-electron chi connectivity index (χ0n) is 14.4. The third-order valence-corrected chi connectivity index (χ3v) is 3.28. The Balaban J connectivity index is 2.27. The molecule has 24 heavy (non-hydrogen) atoms. The van der Waals surface area contributed by atoms with Gasteiger partial charge in [0, 0.05) is 26.7 Å². The van der Waals surface area contributed by atoms with Gasteiger partial charge in [-0.05, 0) is 44.4 Å². The second kappa shape index (κ2) is 10.2. The van der Waals surface area contributed by atoms with Crippen molar-refractivity contribution in [2.24, 2.45) is 4.99 Å². The summed E-state index contributed by atoms with van der Waals surface area (Å²) in [7, 11) is 1.68. The quantitative estimate of drug-likeness (QED) is 0.432. The van der Waals surface area contributed by atoms with E-state index >= 15 is 0 Å². The van der Waals surface area contributed by atoms with Crippen LogP contribution in [0.5, 0.6) is 0 Å². The number of aliphatic imine (C=N–C) groups is 1. The molecule has 0 saturated carbocycles. The lowest BCUT2D eigenvalue weighted by Gasteiger charge is -2.13. The average Bonchev–Trinajstić information content (AvgIpc) is 2.52. The number of nitrogens with one attached hydrogen (secondary N) is 2. The van der Waals surface area contributed by atoms with Crippen molar-refractivity contribution in [1.29, 1.82) is 0 Å². The summed E-state index contributed by atoms with van der Waals surface area (Å²) in [6, 6.07) is 5.22. The molecule has 0 aromatic heterocycles. The van der Waals surface area contributed by atoms with E-state index in [-0.39, 0.29) is 6.10 Å². The van der Waals surface area contributed by atoms with Gasteiger partial charge in [-0.25, -0.2) is 0 Å². The maximum Gasteiger partial charge on any atom is 0.416 e. The SMILES string of the molecule is CN=C(NCCCOC(C)C)NCCc1ccc(C(F)(F)F)cc1. The monoisotopic (exact) mass is 345 g/mol. The first-order chi connectivity index (χ1) is 11.3. The van der Waals surface area contributed by atoms with Gasteiger partial charge in [0.2, 0.25) is 0 Å². The molecule has 4 nitrogen and oxygen atoms in total. The molecule has 0 heterocycles. The van der Waals surface area contributed by atoms with Crippen molar-refractivity contribution < 1.29 is 17.9 Å². The molecule has 0 aliphatic rings. The summed E-state index contributed by atoms with van der Waals surface area (Å²) in [5, 5.41) is 6.31. The van der Waals surface area contributed by atoms with E-state index in [1.54, 1.807) is 7.05 Å². The molecule has 0 amide bonds. The zero-order valence-corrected chi connectivity index (χ0v) is 14.4. The van der Waals surface area contributed by atoms with Crippen LogP contribution in [0.3, 0.4) is 0 Å². The van der Waals surface area contributed by atoms with E-state index in [1.165, 1.54) is 12.1 Å². The van der Waals surface area contributed by atoms with Crippen LogP contribution >= 0.6 is 0 Å². The van der Waals surface area contributed by atoms with E-state index in [9.17, 15) is 13.2 Å². The van der Waals surface area contributed by atoms with Gasteiger partial charge in [-0.3, -0.25) is 4.99 Å². The Kier molecular flexibility index (Phi) is 8.60. The molecule has 0 radical (unpaired) electrons. The molecule has 0 atom stereocenters. The van der Waals surface area contributed by atoms with Crippen molar-refractivity contribution in [2.75, 3.05) is 26.7 Å². The third-order valence-electron chi connectivity index (χ3n) is 3.28. The van der Waals surface area contributed by atoms with Crippen LogP contribution in [-0.2, 0) is 17.3 Å². The van der Waals surface area contributed by atoms with Crippen LogP contribution < -0.4 is 10.6 Å². The number of nitrogens with zero attached hydrogens (tertiary/aromatic N) is 1. The predicted molar refractivity (Wildman–Crippen MR) is 90.2 cm³/mol. The van der Waals surface area contributed by atoms with Crippen molar-refractivity contribution in [2.45, 2.75) is 39.0 Å². The normalized spacial score (nSPS) is 12.5. The Morgan fingerprint density at radius 3 is 2.29 bits per heavy atom. The fraction of sp³-hybridized carbons (Fsp3) is 0.588. The van der Waals surface area contributed by atoms with Crippen molar-refractivity contribution in [3.05, 3.63) is 35.4 Å². The Bertz CT molecular complexity index is 499. The van der Waals surface area contributed by atoms with Crippen LogP contribution in [0.2, 0.25) is 0 Å². The molecule has 0 saturated heterocycles. The molecule has 1 aromatic rings. The average molecular weight is 345 g/mol. The van der Waals surface area contributed by atoms with Crippen LogP contribution in [0, 0.1) is 0 Å². The molecule has 2 N–H and O–H groups in total. The van der Waals surface area contributed by atoms with Gasteiger partial charge in [-0.1, -0.05) is 12.1 Å². The highest BCUT2D eigenvalue weighted by atomic mass is 19.4. The maximum atomic E-state index is 12.5. The van der Waals surface area contributed by atoms with E-state index in [4.69, 9.17) is 4.74 Å². The summed E-state index contributed by atoms with van der Waals surface area (Å²) < 4.78 is 42.9. The number of hydrogen-bond acceptors (Lipinski definition) is 2. The first-order valence-electron chi connectivity index (χ1n) is 8.05. The molecule has 0 aliphatic heterocycles. The number of benzene rings is 1. The van der Waals surface area contributed by atoms with Crippen molar-refractivity contribution in [1.82, 2.24) is 10.6 Å². The second-order valence-corrected chi connectivity index (χ2v) is 5.64. The first-order valence-corrected chi connectivity index (χ1v) is 8.05. The molecule has 0 spiro atoms. The number of hydrogen-bond donors (Lipinski definition) is 2. The summed E-state index contributed by atoms with van der Waals surface area (Å²) >= 11 is 0. The summed E-state index contributed by atoms with van der Waals surface area (Å²) in [6.07, 6.45) is -2.57. The molecule has 0 fully saturated rings. The van der Waals surface area contributed by atoms with Crippen molar-refractivity contribution in [3.8, 4) is 0 Å². The van der Waals surface area contributed by atoms with E-state index in [2.05, 4.69) is 15.6 Å². The van der Waals surface area contributed by atoms with Gasteiger partial charge < -0.3 is 15.4 Å². The van der Waals surface area contributed by atoms with Gasteiger partial charge in [0.25, 0.3) is 0 Å². The highest BCUT2D eigenvalue weighted by molar-refractivity contribution is 5.79. The fourth-order valence-corrected chi connectivity index (χ4v) is 2.00. The summed E-state index contributed by atoms with van der Waals surface area (Å²) in [4.78, 5) is 4.10. The Labute approximate surface area is 141 Å². The minimum absolute atomic E-state index is 0.228. The summed E-state index contributed by atoms with van der Waals surface area (Å²) in [5.74, 6) is 0.673. The lowest BCUT2D eigenvalue weighted by molar-refractivity contribution is -0.137. The zero-order chi connectivity index (χ0) is 18.0. The molecule has 0 unspecified atom stereocenters. The largest absolute Gasteiger partial charge is 0.416 e. The third kappa shape index (κ3) is 8.19. The minimum atomic E-state index is -4.29. The van der Waals surface area contributed by atoms with E-state index < -0.39 is 11.7 Å². The van der Waals surface area contributed by atoms with Crippen LogP contribution in [0.1, 0.15) is 31.4 Å². The number of alkyl halides is 3. The first kappa shape index (κ1) is 20.3. The van der Waals surface area contributed by atoms with E-state index in [1.807, 2.05) is 13.8 Å². The number of halogens is 3. The lowest BCUT2D eigenvalue weighted by atomic mass is 10.1. The second-order valence-electron chi connectivity index (χ2n) is 5.64. The Morgan fingerprint density at radius 2 is 1.75 bits per heavy atom. The summed E-state index contributed by atoms with van der Waals surface area (Å²) in [6.45, 7) is 6.01. The van der Waals surface area contributed by atoms with Gasteiger partial charge in [0.05, 0.1) is 11.7 Å². The topological polar surface area (TPSA) is 45.7 Å². The van der Waals surface area contributed by atoms with Crippen LogP contribution in [-0.4, -0.2) is 38.8 Å². The Hall–Kier alpha value is -1.76. The van der Waals surface area contributed by atoms with Gasteiger partial charge >= 0.3 is 6.18 Å². The summed E-state index contributed by atoms with van der Waals surface area (Å²) in [5.41, 5.74) is 0.219. The van der Waals surface area contributed by atoms with Gasteiger partial charge in [-0.2, -0.15) is 13.2 Å². The van der Waals surface area contributed by atoms with Crippen molar-refractivity contribution >= 4 is 5.96 Å². The number of rotatable bonds is 8. The molecule has 1 rings (SSSR count). The molecule has 7 heteroatoms. The maximum absolute atomic E-state index is 12.5. The Morgan fingerprint density at radius 1 is 1.12 bits per heavy atom. The van der Waals surface area contributed by atoms with E-state index in [0.29, 0.717) is 25.5 Å². The number of ether oxygens (including phenoxy) is 1. The van der Waals surface area contributed by atoms with Crippen LogP contribution in [0.15, 0.2) is 29.3 Å². The molecule has 1 aromatic carbocycles. The van der Waals surface area contributed by atoms with Gasteiger partial charge in [0.15, 0.2) is 5.96 Å². The molecule has 0 bridgehead atoms. The van der Waals surface area contributed by atoms with Gasteiger partial charge in [0.1, 0.15) is 0 Å². The minimum Gasteiger partial charge on any atom is -0.379 e. The van der Waals surface area contributed by atoms with Gasteiger partial charge in [-0.15, -0.1) is 0 Å². The molecule has 136 valence electrons. The molecular weight excluding hydrogens is 319 g/mol. The van der Waals surface area contributed by atoms with Crippen molar-refractivity contribution in [3.63, 3.8) is 0 Å². The lowest BCUT2D eigenvalue weighted by Crippen LogP contribution is -2.39. The van der Waals surface area contributed by atoms with E-state index in [0.717, 1.165) is 30.7 Å². The number of guanidine groups is 1. The van der Waals surface area contributed by atoms with Crippen LogP contribution in [0.4, 0.5) is 13.2 Å². The molecule has 0 aliphatic carbocycles.